The van der Waals surface area contributed by atoms with E-state index in [1.54, 1.807) is 6.92 Å². The van der Waals surface area contributed by atoms with Crippen molar-refractivity contribution in [1.29, 1.82) is 0 Å². The monoisotopic (exact) mass is 431 g/mol. The van der Waals surface area contributed by atoms with E-state index >= 15 is 0 Å². The van der Waals surface area contributed by atoms with Gasteiger partial charge in [-0.3, -0.25) is 0 Å². The van der Waals surface area contributed by atoms with Crippen LogP contribution in [0.25, 0.3) is 22.2 Å². The number of hydrogen-bond donors (Lipinski definition) is 1. The van der Waals surface area contributed by atoms with Crippen molar-refractivity contribution in [3.63, 3.8) is 0 Å². The van der Waals surface area contributed by atoms with Gasteiger partial charge in [0, 0.05) is 46.1 Å². The summed E-state index contributed by atoms with van der Waals surface area (Å²) in [5.41, 5.74) is 6.78. The van der Waals surface area contributed by atoms with Gasteiger partial charge in [-0.15, -0.1) is 6.42 Å². The SMILES string of the molecule is C#CC(C)O/N=C1/c2cc3c(cc2-c2[nH]c4ccc(OCCN(C)C)cc4c21)CCOO3. The van der Waals surface area contributed by atoms with Crippen molar-refractivity contribution >= 4 is 16.6 Å². The van der Waals surface area contributed by atoms with E-state index < -0.39 is 6.10 Å². The summed E-state index contributed by atoms with van der Waals surface area (Å²) in [7, 11) is 4.05. The number of ether oxygens (including phenoxy) is 1. The number of H-pyrrole nitrogens is 1. The number of aromatic nitrogens is 1. The maximum atomic E-state index is 5.97. The van der Waals surface area contributed by atoms with Crippen LogP contribution in [0.1, 0.15) is 23.6 Å². The predicted molar refractivity (Wildman–Crippen MR) is 123 cm³/mol. The Balaban J connectivity index is 1.62. The molecule has 0 fully saturated rings. The standard InChI is InChI=1S/C25H25N3O4/c1-5-15(2)31-27-25-19-14-22-16(8-10-30-32-22)12-18(19)24-23(25)20-13-17(6-7-21(20)26-24)29-11-9-28(3)4/h1,6-7,12-15,26H,8-11H2,2-4H3/b27-25-. The van der Waals surface area contributed by atoms with Crippen LogP contribution >= 0.6 is 0 Å². The lowest BCUT2D eigenvalue weighted by Crippen LogP contribution is -2.19. The molecule has 0 saturated carbocycles. The third-order valence-corrected chi connectivity index (χ3v) is 5.68. The molecule has 1 unspecified atom stereocenters. The Bertz CT molecular complexity index is 1250. The average molecular weight is 431 g/mol. The summed E-state index contributed by atoms with van der Waals surface area (Å²) in [5, 5.41) is 5.49. The molecular formula is C25H25N3O4. The Morgan fingerprint density at radius 3 is 2.94 bits per heavy atom. The highest BCUT2D eigenvalue weighted by Crippen LogP contribution is 2.44. The quantitative estimate of drug-likeness (QED) is 0.286. The summed E-state index contributed by atoms with van der Waals surface area (Å²) in [5.74, 6) is 4.07. The highest BCUT2D eigenvalue weighted by Gasteiger charge is 2.32. The Kier molecular flexibility index (Phi) is 5.25. The number of nitrogens with one attached hydrogen (secondary N) is 1. The number of benzene rings is 2. The Hall–Kier alpha value is -3.47. The fourth-order valence-corrected chi connectivity index (χ4v) is 4.00. The maximum Gasteiger partial charge on any atom is 0.184 e. The molecule has 1 aromatic heterocycles. The molecule has 2 heterocycles. The molecular weight excluding hydrogens is 406 g/mol. The van der Waals surface area contributed by atoms with Gasteiger partial charge in [-0.25, -0.2) is 0 Å². The maximum absolute atomic E-state index is 5.97. The summed E-state index contributed by atoms with van der Waals surface area (Å²) in [6.45, 7) is 3.77. The lowest BCUT2D eigenvalue weighted by atomic mass is 10.0. The molecule has 0 saturated heterocycles. The van der Waals surface area contributed by atoms with Gasteiger partial charge in [0.1, 0.15) is 18.1 Å². The Morgan fingerprint density at radius 1 is 1.25 bits per heavy atom. The Morgan fingerprint density at radius 2 is 2.12 bits per heavy atom. The fourth-order valence-electron chi connectivity index (χ4n) is 4.00. The fraction of sp³-hybridized carbons (Fsp3) is 0.320. The molecule has 3 aromatic rings. The lowest BCUT2D eigenvalue weighted by Gasteiger charge is -2.17. The first-order valence-corrected chi connectivity index (χ1v) is 10.7. The predicted octanol–water partition coefficient (Wildman–Crippen LogP) is 3.75. The molecule has 1 atom stereocenters. The second kappa shape index (κ2) is 8.23. The molecule has 32 heavy (non-hydrogen) atoms. The van der Waals surface area contributed by atoms with E-state index in [0.29, 0.717) is 24.7 Å². The van der Waals surface area contributed by atoms with E-state index in [9.17, 15) is 0 Å². The number of nitrogens with zero attached hydrogens (tertiary/aromatic N) is 2. The van der Waals surface area contributed by atoms with Gasteiger partial charge < -0.3 is 24.3 Å². The van der Waals surface area contributed by atoms with Crippen LogP contribution in [0.3, 0.4) is 0 Å². The summed E-state index contributed by atoms with van der Waals surface area (Å²) < 4.78 is 5.97. The van der Waals surface area contributed by atoms with Crippen molar-refractivity contribution in [2.24, 2.45) is 5.16 Å². The zero-order valence-electron chi connectivity index (χ0n) is 18.4. The normalized spacial score (nSPS) is 16.3. The molecule has 5 rings (SSSR count). The summed E-state index contributed by atoms with van der Waals surface area (Å²) >= 11 is 0. The molecule has 1 aliphatic heterocycles. The number of oxime groups is 1. The zero-order chi connectivity index (χ0) is 22.2. The number of aromatic amines is 1. The van der Waals surface area contributed by atoms with Gasteiger partial charge in [0.05, 0.1) is 12.3 Å². The van der Waals surface area contributed by atoms with Gasteiger partial charge in [-0.1, -0.05) is 11.1 Å². The van der Waals surface area contributed by atoms with E-state index in [0.717, 1.165) is 57.6 Å². The number of likely N-dealkylation sites (N-methyl/N-ethyl adjacent to an activating group) is 1. The molecule has 7 nitrogen and oxygen atoms in total. The highest BCUT2D eigenvalue weighted by atomic mass is 17.2. The molecule has 2 aliphatic rings. The smallest absolute Gasteiger partial charge is 0.184 e. The van der Waals surface area contributed by atoms with Crippen molar-refractivity contribution in [2.45, 2.75) is 19.4 Å². The molecule has 164 valence electrons. The van der Waals surface area contributed by atoms with Crippen molar-refractivity contribution in [2.75, 3.05) is 33.9 Å². The van der Waals surface area contributed by atoms with E-state index in [2.05, 4.69) is 27.0 Å². The van der Waals surface area contributed by atoms with E-state index in [1.165, 1.54) is 0 Å². The number of hydrogen-bond acceptors (Lipinski definition) is 6. The van der Waals surface area contributed by atoms with Crippen LogP contribution in [0, 0.1) is 12.3 Å². The second-order valence-electron chi connectivity index (χ2n) is 8.25. The largest absolute Gasteiger partial charge is 0.492 e. The number of fused-ring (bicyclic) bond motifs is 6. The zero-order valence-corrected chi connectivity index (χ0v) is 18.4. The van der Waals surface area contributed by atoms with Gasteiger partial charge >= 0.3 is 0 Å². The van der Waals surface area contributed by atoms with Crippen LogP contribution in [0.2, 0.25) is 0 Å². The molecule has 1 aliphatic carbocycles. The molecule has 2 aromatic carbocycles. The number of rotatable bonds is 6. The number of terminal acetylenes is 1. The van der Waals surface area contributed by atoms with Crippen LogP contribution in [0.4, 0.5) is 0 Å². The first kappa shape index (κ1) is 20.4. The van der Waals surface area contributed by atoms with Crippen molar-refractivity contribution in [3.8, 4) is 35.1 Å². The molecule has 1 N–H and O–H groups in total. The van der Waals surface area contributed by atoms with Gasteiger partial charge in [-0.2, -0.15) is 4.89 Å². The van der Waals surface area contributed by atoms with Gasteiger partial charge in [0.2, 0.25) is 0 Å². The molecule has 7 heteroatoms. The molecule has 0 radical (unpaired) electrons. The van der Waals surface area contributed by atoms with Crippen LogP contribution in [-0.4, -0.2) is 55.6 Å². The lowest BCUT2D eigenvalue weighted by molar-refractivity contribution is -0.215. The first-order chi connectivity index (χ1) is 15.5. The van der Waals surface area contributed by atoms with Gasteiger partial charge in [0.25, 0.3) is 0 Å². The summed E-state index contributed by atoms with van der Waals surface area (Å²) in [6, 6.07) is 10.2. The minimum atomic E-state index is -0.442. The summed E-state index contributed by atoms with van der Waals surface area (Å²) in [4.78, 5) is 21.9. The van der Waals surface area contributed by atoms with E-state index in [1.807, 2.05) is 38.4 Å². The average Bonchev–Trinajstić information content (AvgIpc) is 3.30. The summed E-state index contributed by atoms with van der Waals surface area (Å²) in [6.07, 6.45) is 5.84. The minimum absolute atomic E-state index is 0.442. The van der Waals surface area contributed by atoms with Crippen LogP contribution in [0.15, 0.2) is 35.5 Å². The minimum Gasteiger partial charge on any atom is -0.492 e. The molecule has 0 amide bonds. The highest BCUT2D eigenvalue weighted by molar-refractivity contribution is 6.30. The van der Waals surface area contributed by atoms with Gasteiger partial charge in [-0.05, 0) is 51.4 Å². The second-order valence-corrected chi connectivity index (χ2v) is 8.25. The third-order valence-electron chi connectivity index (χ3n) is 5.68. The van der Waals surface area contributed by atoms with Crippen molar-refractivity contribution < 1.29 is 19.3 Å². The van der Waals surface area contributed by atoms with E-state index in [4.69, 9.17) is 25.8 Å². The van der Waals surface area contributed by atoms with Crippen LogP contribution < -0.4 is 9.62 Å². The van der Waals surface area contributed by atoms with Crippen LogP contribution in [0.5, 0.6) is 11.5 Å². The van der Waals surface area contributed by atoms with Crippen molar-refractivity contribution in [3.05, 3.63) is 47.0 Å². The molecule has 0 bridgehead atoms. The van der Waals surface area contributed by atoms with Gasteiger partial charge in [0.15, 0.2) is 11.9 Å². The third kappa shape index (κ3) is 3.58. The Labute approximate surface area is 186 Å². The van der Waals surface area contributed by atoms with E-state index in [-0.39, 0.29) is 0 Å². The first-order valence-electron chi connectivity index (χ1n) is 10.7. The van der Waals surface area contributed by atoms with Crippen LogP contribution in [-0.2, 0) is 16.1 Å². The molecule has 0 spiro atoms. The topological polar surface area (TPSA) is 68.3 Å². The van der Waals surface area contributed by atoms with Crippen molar-refractivity contribution in [1.82, 2.24) is 9.88 Å².